The van der Waals surface area contributed by atoms with Gasteiger partial charge in [-0.05, 0) is 43.2 Å². The van der Waals surface area contributed by atoms with Crippen LogP contribution in [0.25, 0.3) is 17.1 Å². The number of alkyl halides is 3. The Kier molecular flexibility index (Phi) is 5.87. The van der Waals surface area contributed by atoms with Gasteiger partial charge in [-0.3, -0.25) is 4.57 Å². The highest BCUT2D eigenvalue weighted by Crippen LogP contribution is 2.36. The van der Waals surface area contributed by atoms with E-state index in [2.05, 4.69) is 10.2 Å². The number of thioether (sulfide) groups is 1. The van der Waals surface area contributed by atoms with E-state index in [0.717, 1.165) is 28.4 Å². The van der Waals surface area contributed by atoms with E-state index in [9.17, 15) is 13.2 Å². The summed E-state index contributed by atoms with van der Waals surface area (Å²) in [5, 5.41) is 9.28. The molecule has 0 N–H and O–H groups in total. The Morgan fingerprint density at radius 2 is 1.61 bits per heavy atom. The average molecular weight is 440 g/mol. The van der Waals surface area contributed by atoms with Crippen LogP contribution >= 0.6 is 11.8 Å². The van der Waals surface area contributed by atoms with E-state index in [1.165, 1.54) is 23.9 Å². The van der Waals surface area contributed by atoms with E-state index in [1.54, 1.807) is 6.07 Å². The number of benzene rings is 3. The first-order chi connectivity index (χ1) is 14.8. The van der Waals surface area contributed by atoms with E-state index in [1.807, 2.05) is 66.9 Å². The molecule has 7 heteroatoms. The fraction of sp³-hybridized carbons (Fsp3) is 0.167. The van der Waals surface area contributed by atoms with E-state index in [4.69, 9.17) is 0 Å². The van der Waals surface area contributed by atoms with Gasteiger partial charge in [0.15, 0.2) is 11.0 Å². The normalized spacial score (nSPS) is 11.6. The van der Waals surface area contributed by atoms with Gasteiger partial charge in [0, 0.05) is 11.3 Å². The molecular weight excluding hydrogens is 419 g/mol. The van der Waals surface area contributed by atoms with Crippen molar-refractivity contribution in [3.05, 3.63) is 95.1 Å². The van der Waals surface area contributed by atoms with Crippen LogP contribution in [0.4, 0.5) is 13.2 Å². The molecule has 4 aromatic rings. The third-order valence-corrected chi connectivity index (χ3v) is 5.92. The lowest BCUT2D eigenvalue weighted by Crippen LogP contribution is -2.08. The van der Waals surface area contributed by atoms with Crippen LogP contribution in [-0.4, -0.2) is 14.8 Å². The Morgan fingerprint density at radius 3 is 2.35 bits per heavy atom. The first kappa shape index (κ1) is 21.2. The van der Waals surface area contributed by atoms with Crippen LogP contribution in [0.5, 0.6) is 0 Å². The van der Waals surface area contributed by atoms with Crippen LogP contribution in [0.1, 0.15) is 22.3 Å². The summed E-state index contributed by atoms with van der Waals surface area (Å²) >= 11 is 1.24. The molecule has 158 valence electrons. The Morgan fingerprint density at radius 1 is 0.871 bits per heavy atom. The summed E-state index contributed by atoms with van der Waals surface area (Å²) in [6.07, 6.45) is -4.40. The Labute approximate surface area is 183 Å². The van der Waals surface area contributed by atoms with Gasteiger partial charge in [0.05, 0.1) is 11.3 Å². The zero-order valence-electron chi connectivity index (χ0n) is 17.0. The smallest absolute Gasteiger partial charge is 0.270 e. The summed E-state index contributed by atoms with van der Waals surface area (Å²) in [4.78, 5) is 0. The quantitative estimate of drug-likeness (QED) is 0.318. The van der Waals surface area contributed by atoms with Crippen LogP contribution in [-0.2, 0) is 11.9 Å². The van der Waals surface area contributed by atoms with Crippen molar-refractivity contribution in [1.82, 2.24) is 14.8 Å². The number of hydrogen-bond donors (Lipinski definition) is 0. The Bertz CT molecular complexity index is 1210. The van der Waals surface area contributed by atoms with Gasteiger partial charge in [0.25, 0.3) is 0 Å². The largest absolute Gasteiger partial charge is 0.416 e. The van der Waals surface area contributed by atoms with Crippen molar-refractivity contribution in [1.29, 1.82) is 0 Å². The van der Waals surface area contributed by atoms with Gasteiger partial charge in [-0.25, -0.2) is 0 Å². The average Bonchev–Trinajstić information content (AvgIpc) is 3.16. The summed E-state index contributed by atoms with van der Waals surface area (Å²) in [6.45, 7) is 3.99. The van der Waals surface area contributed by atoms with Crippen LogP contribution in [0.15, 0.2) is 78.0 Å². The predicted molar refractivity (Wildman–Crippen MR) is 117 cm³/mol. The topological polar surface area (TPSA) is 30.7 Å². The second-order valence-electron chi connectivity index (χ2n) is 7.24. The van der Waals surface area contributed by atoms with Crippen molar-refractivity contribution < 1.29 is 13.2 Å². The van der Waals surface area contributed by atoms with Crippen LogP contribution < -0.4 is 0 Å². The summed E-state index contributed by atoms with van der Waals surface area (Å²) < 4.78 is 42.1. The van der Waals surface area contributed by atoms with Crippen molar-refractivity contribution in [3.63, 3.8) is 0 Å². The lowest BCUT2D eigenvalue weighted by atomic mass is 10.1. The second kappa shape index (κ2) is 8.59. The summed E-state index contributed by atoms with van der Waals surface area (Å²) in [6, 6.07) is 21.4. The highest BCUT2D eigenvalue weighted by atomic mass is 32.2. The SMILES string of the molecule is Cc1cccc(-c2nnc(SCc3ccccc3C(F)(F)F)n2-c2ccccc2C)c1. The zero-order chi connectivity index (χ0) is 22.0. The molecule has 3 aromatic carbocycles. The van der Waals surface area contributed by atoms with Crippen molar-refractivity contribution in [2.24, 2.45) is 0 Å². The van der Waals surface area contributed by atoms with Crippen molar-refractivity contribution in [2.75, 3.05) is 0 Å². The van der Waals surface area contributed by atoms with E-state index in [0.29, 0.717) is 11.0 Å². The first-order valence-electron chi connectivity index (χ1n) is 9.71. The molecule has 0 radical (unpaired) electrons. The lowest BCUT2D eigenvalue weighted by molar-refractivity contribution is -0.138. The molecular formula is C24H20F3N3S. The molecule has 1 heterocycles. The molecule has 0 bridgehead atoms. The number of rotatable bonds is 5. The highest BCUT2D eigenvalue weighted by molar-refractivity contribution is 7.98. The number of aryl methyl sites for hydroxylation is 2. The minimum atomic E-state index is -4.40. The van der Waals surface area contributed by atoms with Gasteiger partial charge in [0.1, 0.15) is 0 Å². The van der Waals surface area contributed by atoms with Gasteiger partial charge in [-0.2, -0.15) is 13.2 Å². The molecule has 4 rings (SSSR count). The summed E-state index contributed by atoms with van der Waals surface area (Å²) in [5.41, 5.74) is 3.51. The predicted octanol–water partition coefficient (Wildman–Crippen LogP) is 6.86. The van der Waals surface area contributed by atoms with Crippen molar-refractivity contribution in [2.45, 2.75) is 30.9 Å². The van der Waals surface area contributed by atoms with Gasteiger partial charge < -0.3 is 0 Å². The molecule has 0 spiro atoms. The molecule has 0 fully saturated rings. The number of aromatic nitrogens is 3. The van der Waals surface area contributed by atoms with E-state index in [-0.39, 0.29) is 11.3 Å². The van der Waals surface area contributed by atoms with Gasteiger partial charge in [-0.15, -0.1) is 10.2 Å². The molecule has 0 aliphatic heterocycles. The molecule has 1 aromatic heterocycles. The fourth-order valence-corrected chi connectivity index (χ4v) is 4.38. The summed E-state index contributed by atoms with van der Waals surface area (Å²) in [7, 11) is 0. The third-order valence-electron chi connectivity index (χ3n) is 4.95. The maximum atomic E-state index is 13.4. The first-order valence-corrected chi connectivity index (χ1v) is 10.7. The Balaban J connectivity index is 1.77. The minimum Gasteiger partial charge on any atom is -0.270 e. The van der Waals surface area contributed by atoms with Crippen LogP contribution in [0, 0.1) is 13.8 Å². The molecule has 0 saturated heterocycles. The fourth-order valence-electron chi connectivity index (χ4n) is 3.43. The van der Waals surface area contributed by atoms with Gasteiger partial charge in [0.2, 0.25) is 0 Å². The van der Waals surface area contributed by atoms with Crippen LogP contribution in [0.3, 0.4) is 0 Å². The van der Waals surface area contributed by atoms with Crippen molar-refractivity contribution in [3.8, 4) is 17.1 Å². The molecule has 0 unspecified atom stereocenters. The maximum Gasteiger partial charge on any atom is 0.416 e. The Hall–Kier alpha value is -3.06. The zero-order valence-corrected chi connectivity index (χ0v) is 17.8. The standard InChI is InChI=1S/C24H20F3N3S/c1-16-8-7-11-18(14-16)22-28-29-23(30(22)21-13-6-3-9-17(21)2)31-15-19-10-4-5-12-20(19)24(25,26)27/h3-14H,15H2,1-2H3. The monoisotopic (exact) mass is 439 g/mol. The number of hydrogen-bond acceptors (Lipinski definition) is 3. The van der Waals surface area contributed by atoms with Crippen LogP contribution in [0.2, 0.25) is 0 Å². The minimum absolute atomic E-state index is 0.132. The van der Waals surface area contributed by atoms with Gasteiger partial charge >= 0.3 is 6.18 Å². The van der Waals surface area contributed by atoms with E-state index < -0.39 is 11.7 Å². The molecule has 0 saturated carbocycles. The molecule has 0 aliphatic rings. The second-order valence-corrected chi connectivity index (χ2v) is 8.18. The molecule has 31 heavy (non-hydrogen) atoms. The van der Waals surface area contributed by atoms with Crippen molar-refractivity contribution >= 4 is 11.8 Å². The van der Waals surface area contributed by atoms with E-state index >= 15 is 0 Å². The number of para-hydroxylation sites is 1. The molecule has 0 aliphatic carbocycles. The highest BCUT2D eigenvalue weighted by Gasteiger charge is 2.33. The lowest BCUT2D eigenvalue weighted by Gasteiger charge is -2.14. The third kappa shape index (κ3) is 4.51. The maximum absolute atomic E-state index is 13.4. The number of nitrogens with zero attached hydrogens (tertiary/aromatic N) is 3. The molecule has 0 amide bonds. The van der Waals surface area contributed by atoms with Gasteiger partial charge in [-0.1, -0.05) is 71.9 Å². The molecule has 3 nitrogen and oxygen atoms in total. The molecule has 0 atom stereocenters. The number of halogens is 3. The summed E-state index contributed by atoms with van der Waals surface area (Å²) in [5.74, 6) is 0.789.